The summed E-state index contributed by atoms with van der Waals surface area (Å²) in [6, 6.07) is 9.48. The highest BCUT2D eigenvalue weighted by Gasteiger charge is 2.28. The van der Waals surface area contributed by atoms with Crippen molar-refractivity contribution in [1.82, 2.24) is 15.5 Å². The Labute approximate surface area is 166 Å². The van der Waals surface area contributed by atoms with Gasteiger partial charge >= 0.3 is 0 Å². The number of ether oxygens (including phenoxy) is 1. The summed E-state index contributed by atoms with van der Waals surface area (Å²) >= 11 is 0. The summed E-state index contributed by atoms with van der Waals surface area (Å²) in [5.41, 5.74) is 1.95. The van der Waals surface area contributed by atoms with Crippen LogP contribution >= 0.6 is 0 Å². The number of rotatable bonds is 6. The predicted molar refractivity (Wildman–Crippen MR) is 110 cm³/mol. The van der Waals surface area contributed by atoms with E-state index < -0.39 is 11.4 Å². The average molecular weight is 380 g/mol. The fourth-order valence-corrected chi connectivity index (χ4v) is 3.44. The molecule has 0 spiro atoms. The molecule has 2 aromatic rings. The van der Waals surface area contributed by atoms with Gasteiger partial charge in [0.15, 0.2) is 0 Å². The van der Waals surface area contributed by atoms with Crippen molar-refractivity contribution in [1.29, 1.82) is 5.26 Å². The van der Waals surface area contributed by atoms with E-state index in [2.05, 4.69) is 36.3 Å². The first-order valence-electron chi connectivity index (χ1n) is 9.17. The molecule has 1 aromatic heterocycles. The largest absolute Gasteiger partial charge is 0.497 e. The van der Waals surface area contributed by atoms with Gasteiger partial charge in [-0.2, -0.15) is 10.4 Å². The second kappa shape index (κ2) is 8.30. The molecule has 0 atom stereocenters. The van der Waals surface area contributed by atoms with Crippen LogP contribution in [-0.4, -0.2) is 28.8 Å². The van der Waals surface area contributed by atoms with Gasteiger partial charge < -0.3 is 10.1 Å². The summed E-state index contributed by atoms with van der Waals surface area (Å²) in [6.07, 6.45) is 3.95. The molecule has 2 rings (SSSR count). The molecule has 0 aliphatic carbocycles. The summed E-state index contributed by atoms with van der Waals surface area (Å²) in [6.45, 7) is 10.3. The van der Waals surface area contributed by atoms with Crippen LogP contribution in [0.4, 0.5) is 0 Å². The predicted octanol–water partition coefficient (Wildman–Crippen LogP) is 4.32. The van der Waals surface area contributed by atoms with E-state index in [1.165, 1.54) is 0 Å². The number of nitrogens with one attached hydrogen (secondary N) is 2. The van der Waals surface area contributed by atoms with Gasteiger partial charge in [0.2, 0.25) is 0 Å². The Hall–Kier alpha value is -3.07. The molecule has 1 amide bonds. The molecule has 0 radical (unpaired) electrons. The van der Waals surface area contributed by atoms with Gasteiger partial charge in [0.25, 0.3) is 5.91 Å². The molecule has 0 bridgehead atoms. The Morgan fingerprint density at radius 3 is 2.43 bits per heavy atom. The minimum absolute atomic E-state index is 0.0399. The fourth-order valence-electron chi connectivity index (χ4n) is 3.44. The molecule has 28 heavy (non-hydrogen) atoms. The Balaban J connectivity index is 2.27. The maximum atomic E-state index is 12.7. The zero-order valence-electron chi connectivity index (χ0n) is 17.4. The summed E-state index contributed by atoms with van der Waals surface area (Å²) in [5, 5.41) is 19.5. The van der Waals surface area contributed by atoms with Crippen molar-refractivity contribution in [2.75, 3.05) is 7.11 Å². The molecule has 0 aliphatic heterocycles. The van der Waals surface area contributed by atoms with Crippen LogP contribution in [0, 0.1) is 16.7 Å². The third kappa shape index (κ3) is 5.71. The number of benzene rings is 1. The van der Waals surface area contributed by atoms with Crippen LogP contribution in [0.1, 0.15) is 46.6 Å². The minimum atomic E-state index is -0.430. The van der Waals surface area contributed by atoms with Crippen molar-refractivity contribution in [3.8, 4) is 23.1 Å². The molecule has 1 heterocycles. The van der Waals surface area contributed by atoms with Crippen LogP contribution in [0.2, 0.25) is 0 Å². The highest BCUT2D eigenvalue weighted by molar-refractivity contribution is 6.02. The van der Waals surface area contributed by atoms with Crippen LogP contribution in [0.5, 0.6) is 5.75 Å². The molecule has 148 valence electrons. The van der Waals surface area contributed by atoms with Gasteiger partial charge in [-0.15, -0.1) is 0 Å². The number of carbonyl (C=O) groups is 1. The van der Waals surface area contributed by atoms with Gasteiger partial charge in [-0.05, 0) is 56.0 Å². The lowest BCUT2D eigenvalue weighted by molar-refractivity contribution is -0.118. The maximum absolute atomic E-state index is 12.7. The van der Waals surface area contributed by atoms with E-state index in [4.69, 9.17) is 4.74 Å². The molecule has 1 aromatic carbocycles. The molecule has 0 saturated carbocycles. The smallest absolute Gasteiger partial charge is 0.262 e. The number of hydrogen-bond acceptors (Lipinski definition) is 4. The fraction of sp³-hybridized carbons (Fsp3) is 0.409. The molecule has 2 N–H and O–H groups in total. The van der Waals surface area contributed by atoms with Gasteiger partial charge in [0.1, 0.15) is 17.4 Å². The second-order valence-electron chi connectivity index (χ2n) is 8.67. The minimum Gasteiger partial charge on any atom is -0.497 e. The van der Waals surface area contributed by atoms with Crippen molar-refractivity contribution >= 4 is 12.0 Å². The number of H-pyrrole nitrogens is 1. The first-order chi connectivity index (χ1) is 13.0. The zero-order valence-corrected chi connectivity index (χ0v) is 17.4. The standard InChI is InChI=1S/C22H28N4O2/c1-21(2,3)14-22(4,5)25-20(27)16(12-23)11-17-13-24-26-19(17)15-7-9-18(28-6)10-8-15/h7-11,13H,14H2,1-6H3,(H,24,26)(H,25,27). The molecule has 0 unspecified atom stereocenters. The van der Waals surface area contributed by atoms with E-state index in [1.54, 1.807) is 19.4 Å². The van der Waals surface area contributed by atoms with Gasteiger partial charge in [0, 0.05) is 16.7 Å². The number of carbonyl (C=O) groups excluding carboxylic acids is 1. The first kappa shape index (κ1) is 21.2. The highest BCUT2D eigenvalue weighted by Crippen LogP contribution is 2.28. The van der Waals surface area contributed by atoms with Crippen LogP contribution in [0.25, 0.3) is 17.3 Å². The molecule has 0 saturated heterocycles. The van der Waals surface area contributed by atoms with Crippen LogP contribution in [0.15, 0.2) is 36.0 Å². The van der Waals surface area contributed by atoms with E-state index in [0.717, 1.165) is 23.4 Å². The molecular formula is C22H28N4O2. The lowest BCUT2D eigenvalue weighted by atomic mass is 9.81. The maximum Gasteiger partial charge on any atom is 0.262 e. The van der Waals surface area contributed by atoms with E-state index >= 15 is 0 Å². The van der Waals surface area contributed by atoms with Crippen molar-refractivity contribution in [2.24, 2.45) is 5.41 Å². The summed E-state index contributed by atoms with van der Waals surface area (Å²) in [5.74, 6) is 0.358. The van der Waals surface area contributed by atoms with Crippen LogP contribution < -0.4 is 10.1 Å². The Morgan fingerprint density at radius 1 is 1.25 bits per heavy atom. The summed E-state index contributed by atoms with van der Waals surface area (Å²) < 4.78 is 5.18. The number of aromatic nitrogens is 2. The summed E-state index contributed by atoms with van der Waals surface area (Å²) in [7, 11) is 1.61. The highest BCUT2D eigenvalue weighted by atomic mass is 16.5. The van der Waals surface area contributed by atoms with E-state index in [0.29, 0.717) is 5.56 Å². The average Bonchev–Trinajstić information content (AvgIpc) is 3.05. The Kier molecular flexibility index (Phi) is 6.30. The van der Waals surface area contributed by atoms with E-state index in [9.17, 15) is 10.1 Å². The Bertz CT molecular complexity index is 894. The van der Waals surface area contributed by atoms with Crippen molar-refractivity contribution in [2.45, 2.75) is 46.6 Å². The van der Waals surface area contributed by atoms with Crippen molar-refractivity contribution < 1.29 is 9.53 Å². The van der Waals surface area contributed by atoms with Crippen LogP contribution in [0.3, 0.4) is 0 Å². The quantitative estimate of drug-likeness (QED) is 0.577. The van der Waals surface area contributed by atoms with Gasteiger partial charge in [-0.25, -0.2) is 0 Å². The third-order valence-corrected chi connectivity index (χ3v) is 4.14. The number of amides is 1. The molecular weight excluding hydrogens is 352 g/mol. The SMILES string of the molecule is COc1ccc(-c2[nH]ncc2C=C(C#N)C(=O)NC(C)(C)CC(C)(C)C)cc1. The lowest BCUT2D eigenvalue weighted by Crippen LogP contribution is -2.46. The number of methoxy groups -OCH3 is 1. The number of nitriles is 1. The zero-order chi connectivity index (χ0) is 20.9. The normalized spacial score (nSPS) is 12.4. The molecule has 6 heteroatoms. The van der Waals surface area contributed by atoms with Crippen molar-refractivity contribution in [3.63, 3.8) is 0 Å². The van der Waals surface area contributed by atoms with Gasteiger partial charge in [-0.1, -0.05) is 20.8 Å². The van der Waals surface area contributed by atoms with E-state index in [-0.39, 0.29) is 11.0 Å². The summed E-state index contributed by atoms with van der Waals surface area (Å²) in [4.78, 5) is 12.7. The topological polar surface area (TPSA) is 90.8 Å². The van der Waals surface area contributed by atoms with Gasteiger partial charge in [-0.3, -0.25) is 9.89 Å². The van der Waals surface area contributed by atoms with Crippen molar-refractivity contribution in [3.05, 3.63) is 41.6 Å². The third-order valence-electron chi connectivity index (χ3n) is 4.14. The number of hydrogen-bond donors (Lipinski definition) is 2. The monoisotopic (exact) mass is 380 g/mol. The van der Waals surface area contributed by atoms with E-state index in [1.807, 2.05) is 44.2 Å². The first-order valence-corrected chi connectivity index (χ1v) is 9.17. The molecule has 0 aliphatic rings. The number of nitrogens with zero attached hydrogens (tertiary/aromatic N) is 2. The lowest BCUT2D eigenvalue weighted by Gasteiger charge is -2.33. The molecule has 0 fully saturated rings. The van der Waals surface area contributed by atoms with Crippen LogP contribution in [-0.2, 0) is 4.79 Å². The Morgan fingerprint density at radius 2 is 1.89 bits per heavy atom. The van der Waals surface area contributed by atoms with Gasteiger partial charge in [0.05, 0.1) is 19.0 Å². The second-order valence-corrected chi connectivity index (χ2v) is 8.67. The molecule has 6 nitrogen and oxygen atoms in total. The number of aromatic amines is 1.